The molecular formula is C19H13ClN2O3. The van der Waals surface area contributed by atoms with Crippen LogP contribution in [0.5, 0.6) is 5.75 Å². The summed E-state index contributed by atoms with van der Waals surface area (Å²) in [5, 5.41) is 11.4. The second kappa shape index (κ2) is 7.59. The number of halogens is 1. The highest BCUT2D eigenvalue weighted by atomic mass is 35.5. The van der Waals surface area contributed by atoms with Gasteiger partial charge in [-0.05, 0) is 48.5 Å². The summed E-state index contributed by atoms with van der Waals surface area (Å²) >= 11 is 5.94. The summed E-state index contributed by atoms with van der Waals surface area (Å²) in [6, 6.07) is 22.3. The number of nitrogens with zero attached hydrogens (tertiary/aromatic N) is 2. The maximum absolute atomic E-state index is 10.8. The molecule has 0 N–H and O–H groups in total. The highest BCUT2D eigenvalue weighted by Crippen LogP contribution is 2.21. The van der Waals surface area contributed by atoms with Crippen LogP contribution in [0.25, 0.3) is 0 Å². The molecule has 0 bridgehead atoms. The van der Waals surface area contributed by atoms with Gasteiger partial charge < -0.3 is 4.74 Å². The first-order chi connectivity index (χ1) is 12.1. The molecule has 6 heteroatoms. The molecule has 0 saturated heterocycles. The molecular weight excluding hydrogens is 340 g/mol. The van der Waals surface area contributed by atoms with Gasteiger partial charge in [0.15, 0.2) is 0 Å². The summed E-state index contributed by atoms with van der Waals surface area (Å²) in [6.45, 7) is 0. The van der Waals surface area contributed by atoms with Crippen molar-refractivity contribution in [3.8, 4) is 5.75 Å². The van der Waals surface area contributed by atoms with Crippen LogP contribution in [0, 0.1) is 10.1 Å². The fraction of sp³-hybridized carbons (Fsp3) is 0. The average molecular weight is 353 g/mol. The van der Waals surface area contributed by atoms with Crippen LogP contribution in [-0.4, -0.2) is 10.8 Å². The van der Waals surface area contributed by atoms with Crippen LogP contribution in [0.1, 0.15) is 5.56 Å². The summed E-state index contributed by atoms with van der Waals surface area (Å²) in [5.41, 5.74) is 1.47. The van der Waals surface area contributed by atoms with E-state index >= 15 is 0 Å². The molecule has 0 aliphatic rings. The SMILES string of the molecule is O=[N+]([O-])c1ccc(OC(=Nc2ccccc2)c2ccc(Cl)cc2)cc1. The second-order valence-corrected chi connectivity index (χ2v) is 5.55. The third kappa shape index (κ3) is 4.43. The zero-order valence-corrected chi connectivity index (χ0v) is 13.8. The molecule has 0 atom stereocenters. The molecule has 0 heterocycles. The number of ether oxygens (including phenoxy) is 1. The molecule has 0 aromatic heterocycles. The van der Waals surface area contributed by atoms with Gasteiger partial charge in [-0.1, -0.05) is 29.8 Å². The van der Waals surface area contributed by atoms with Crippen LogP contribution in [0.15, 0.2) is 83.9 Å². The van der Waals surface area contributed by atoms with Gasteiger partial charge in [0.05, 0.1) is 10.6 Å². The molecule has 0 spiro atoms. The van der Waals surface area contributed by atoms with Crippen molar-refractivity contribution in [2.75, 3.05) is 0 Å². The number of rotatable bonds is 4. The molecule has 0 radical (unpaired) electrons. The van der Waals surface area contributed by atoms with E-state index in [1.54, 1.807) is 24.3 Å². The highest BCUT2D eigenvalue weighted by molar-refractivity contribution is 6.30. The number of nitro groups is 1. The van der Waals surface area contributed by atoms with Crippen LogP contribution in [-0.2, 0) is 0 Å². The fourth-order valence-electron chi connectivity index (χ4n) is 2.11. The van der Waals surface area contributed by atoms with E-state index in [1.165, 1.54) is 24.3 Å². The molecule has 25 heavy (non-hydrogen) atoms. The Morgan fingerprint density at radius 2 is 1.56 bits per heavy atom. The molecule has 3 aromatic carbocycles. The normalized spacial score (nSPS) is 11.2. The monoisotopic (exact) mass is 352 g/mol. The Kier molecular flexibility index (Phi) is 5.06. The van der Waals surface area contributed by atoms with E-state index in [4.69, 9.17) is 16.3 Å². The molecule has 0 aliphatic heterocycles. The largest absolute Gasteiger partial charge is 0.438 e. The number of aliphatic imine (C=N–C) groups is 1. The van der Waals surface area contributed by atoms with Gasteiger partial charge in [-0.25, -0.2) is 4.99 Å². The molecule has 0 amide bonds. The number of para-hydroxylation sites is 1. The third-order valence-electron chi connectivity index (χ3n) is 3.34. The van der Waals surface area contributed by atoms with Crippen molar-refractivity contribution in [3.63, 3.8) is 0 Å². The minimum Gasteiger partial charge on any atom is -0.438 e. The first kappa shape index (κ1) is 16.7. The number of nitro benzene ring substituents is 1. The molecule has 0 fully saturated rings. The fourth-order valence-corrected chi connectivity index (χ4v) is 2.23. The van der Waals surface area contributed by atoms with E-state index < -0.39 is 4.92 Å². The van der Waals surface area contributed by atoms with Crippen LogP contribution in [0.2, 0.25) is 5.02 Å². The van der Waals surface area contributed by atoms with Crippen molar-refractivity contribution in [2.45, 2.75) is 0 Å². The van der Waals surface area contributed by atoms with Crippen molar-refractivity contribution in [3.05, 3.63) is 99.6 Å². The van der Waals surface area contributed by atoms with Crippen molar-refractivity contribution >= 4 is 28.9 Å². The zero-order valence-electron chi connectivity index (χ0n) is 13.0. The lowest BCUT2D eigenvalue weighted by Gasteiger charge is -2.09. The van der Waals surface area contributed by atoms with Crippen LogP contribution < -0.4 is 4.74 Å². The van der Waals surface area contributed by atoms with E-state index in [9.17, 15) is 10.1 Å². The molecule has 5 nitrogen and oxygen atoms in total. The average Bonchev–Trinajstić information content (AvgIpc) is 2.63. The minimum absolute atomic E-state index is 0.000362. The zero-order chi connectivity index (χ0) is 17.6. The summed E-state index contributed by atoms with van der Waals surface area (Å²) < 4.78 is 5.86. The minimum atomic E-state index is -0.456. The van der Waals surface area contributed by atoms with Gasteiger partial charge in [-0.15, -0.1) is 0 Å². The van der Waals surface area contributed by atoms with Gasteiger partial charge in [-0.2, -0.15) is 0 Å². The quantitative estimate of drug-likeness (QED) is 0.273. The van der Waals surface area contributed by atoms with E-state index in [0.29, 0.717) is 16.7 Å². The Hall–Kier alpha value is -3.18. The first-order valence-electron chi connectivity index (χ1n) is 7.44. The van der Waals surface area contributed by atoms with E-state index in [0.717, 1.165) is 11.3 Å². The van der Waals surface area contributed by atoms with Crippen molar-refractivity contribution in [1.29, 1.82) is 0 Å². The summed E-state index contributed by atoms with van der Waals surface area (Å²) in [7, 11) is 0. The Bertz CT molecular complexity index is 892. The van der Waals surface area contributed by atoms with Gasteiger partial charge in [0.25, 0.3) is 5.69 Å². The Labute approximate surface area is 149 Å². The Morgan fingerprint density at radius 3 is 2.16 bits per heavy atom. The lowest BCUT2D eigenvalue weighted by atomic mass is 10.2. The van der Waals surface area contributed by atoms with Crippen molar-refractivity contribution in [2.24, 2.45) is 4.99 Å². The molecule has 0 unspecified atom stereocenters. The Morgan fingerprint density at radius 1 is 0.920 bits per heavy atom. The number of non-ortho nitro benzene ring substituents is 1. The lowest BCUT2D eigenvalue weighted by Crippen LogP contribution is -2.10. The predicted octanol–water partition coefficient (Wildman–Crippen LogP) is 5.41. The van der Waals surface area contributed by atoms with Crippen molar-refractivity contribution in [1.82, 2.24) is 0 Å². The van der Waals surface area contributed by atoms with E-state index in [2.05, 4.69) is 4.99 Å². The number of hydrogen-bond acceptors (Lipinski definition) is 4. The van der Waals surface area contributed by atoms with Gasteiger partial charge in [0.2, 0.25) is 5.90 Å². The van der Waals surface area contributed by atoms with Gasteiger partial charge in [0, 0.05) is 22.7 Å². The molecule has 3 rings (SSSR count). The first-order valence-corrected chi connectivity index (χ1v) is 7.81. The lowest BCUT2D eigenvalue weighted by molar-refractivity contribution is -0.384. The highest BCUT2D eigenvalue weighted by Gasteiger charge is 2.10. The second-order valence-electron chi connectivity index (χ2n) is 5.11. The summed E-state index contributed by atoms with van der Waals surface area (Å²) in [6.07, 6.45) is 0. The standard InChI is InChI=1S/C19H13ClN2O3/c20-15-8-6-14(7-9-15)19(21-16-4-2-1-3-5-16)25-18-12-10-17(11-13-18)22(23)24/h1-13H. The molecule has 0 aliphatic carbocycles. The summed E-state index contributed by atoms with van der Waals surface area (Å²) in [4.78, 5) is 14.8. The topological polar surface area (TPSA) is 64.7 Å². The number of benzene rings is 3. The smallest absolute Gasteiger partial charge is 0.269 e. The molecule has 124 valence electrons. The predicted molar refractivity (Wildman–Crippen MR) is 97.8 cm³/mol. The number of hydrogen-bond donors (Lipinski definition) is 0. The van der Waals surface area contributed by atoms with Crippen LogP contribution in [0.4, 0.5) is 11.4 Å². The van der Waals surface area contributed by atoms with E-state index in [1.807, 2.05) is 30.3 Å². The van der Waals surface area contributed by atoms with Gasteiger partial charge in [-0.3, -0.25) is 10.1 Å². The van der Waals surface area contributed by atoms with Crippen LogP contribution in [0.3, 0.4) is 0 Å². The van der Waals surface area contributed by atoms with Gasteiger partial charge in [0.1, 0.15) is 5.75 Å². The van der Waals surface area contributed by atoms with E-state index in [-0.39, 0.29) is 5.69 Å². The molecule has 3 aromatic rings. The maximum Gasteiger partial charge on any atom is 0.269 e. The molecule has 0 saturated carbocycles. The van der Waals surface area contributed by atoms with Crippen molar-refractivity contribution < 1.29 is 9.66 Å². The van der Waals surface area contributed by atoms with Crippen LogP contribution >= 0.6 is 11.6 Å². The third-order valence-corrected chi connectivity index (χ3v) is 3.59. The maximum atomic E-state index is 10.8. The van der Waals surface area contributed by atoms with Gasteiger partial charge >= 0.3 is 0 Å². The Balaban J connectivity index is 1.95. The summed E-state index contributed by atoms with van der Waals surface area (Å²) in [5.74, 6) is 0.826.